The lowest BCUT2D eigenvalue weighted by atomic mass is 9.97. The smallest absolute Gasteiger partial charge is 0.257 e. The number of nitrogens with zero attached hydrogens (tertiary/aromatic N) is 1. The van der Waals surface area contributed by atoms with Gasteiger partial charge < -0.3 is 15.0 Å². The van der Waals surface area contributed by atoms with Crippen molar-refractivity contribution in [3.05, 3.63) is 82.0 Å². The highest BCUT2D eigenvalue weighted by Crippen LogP contribution is 2.21. The average Bonchev–Trinajstić information content (AvgIpc) is 3.21. The summed E-state index contributed by atoms with van der Waals surface area (Å²) < 4.78 is 5.56. The predicted molar refractivity (Wildman–Crippen MR) is 118 cm³/mol. The number of ether oxygens (including phenoxy) is 1. The van der Waals surface area contributed by atoms with Crippen LogP contribution in [0.4, 0.5) is 5.95 Å². The molecule has 6 heteroatoms. The number of hydrogen-bond donors (Lipinski definition) is 3. The van der Waals surface area contributed by atoms with E-state index in [0.29, 0.717) is 11.5 Å². The first-order chi connectivity index (χ1) is 14.7. The number of amides is 1. The molecule has 154 valence electrons. The lowest BCUT2D eigenvalue weighted by molar-refractivity contribution is 0.102. The largest absolute Gasteiger partial charge is 0.499 e. The molecule has 1 heterocycles. The zero-order valence-corrected chi connectivity index (χ0v) is 17.3. The number of carbonyl (C=O) groups excluding carboxylic acids is 1. The summed E-state index contributed by atoms with van der Waals surface area (Å²) in [5, 5.41) is 7.83. The van der Waals surface area contributed by atoms with Crippen LogP contribution < -0.4 is 21.3 Å². The molecular weight excluding hydrogens is 376 g/mol. The number of carbonyl (C=O) groups is 1. The van der Waals surface area contributed by atoms with Gasteiger partial charge in [0.1, 0.15) is 11.1 Å². The van der Waals surface area contributed by atoms with Gasteiger partial charge >= 0.3 is 0 Å². The van der Waals surface area contributed by atoms with Crippen LogP contribution in [0.25, 0.3) is 11.3 Å². The Balaban J connectivity index is 1.64. The molecule has 0 saturated carbocycles. The van der Waals surface area contributed by atoms with Crippen molar-refractivity contribution in [1.82, 2.24) is 15.3 Å². The summed E-state index contributed by atoms with van der Waals surface area (Å²) in [4.78, 5) is 20.7. The van der Waals surface area contributed by atoms with Gasteiger partial charge in [-0.1, -0.05) is 49.4 Å². The molecule has 1 amide bonds. The van der Waals surface area contributed by atoms with Crippen LogP contribution >= 0.6 is 0 Å². The van der Waals surface area contributed by atoms with Gasteiger partial charge in [-0.05, 0) is 41.8 Å². The van der Waals surface area contributed by atoms with E-state index in [1.54, 1.807) is 7.11 Å². The van der Waals surface area contributed by atoms with E-state index >= 15 is 0 Å². The van der Waals surface area contributed by atoms with Gasteiger partial charge in [-0.2, -0.15) is 0 Å². The quantitative estimate of drug-likeness (QED) is 0.567. The fourth-order valence-electron chi connectivity index (χ4n) is 3.68. The first kappa shape index (κ1) is 19.9. The predicted octanol–water partition coefficient (Wildman–Crippen LogP) is 2.52. The number of H-pyrrole nitrogens is 1. The number of aromatic amines is 1. The highest BCUT2D eigenvalue weighted by molar-refractivity contribution is 6.03. The third kappa shape index (κ3) is 4.14. The normalized spacial score (nSPS) is 13.1. The van der Waals surface area contributed by atoms with E-state index in [2.05, 4.69) is 34.7 Å². The summed E-state index contributed by atoms with van der Waals surface area (Å²) in [7, 11) is 1.67. The third-order valence-electron chi connectivity index (χ3n) is 5.27. The maximum absolute atomic E-state index is 12.7. The molecule has 3 aromatic rings. The molecule has 1 aromatic heterocycles. The molecule has 1 aliphatic carbocycles. The molecule has 3 N–H and O–H groups in total. The van der Waals surface area contributed by atoms with E-state index in [-0.39, 0.29) is 5.91 Å². The minimum absolute atomic E-state index is 0.198. The van der Waals surface area contributed by atoms with Crippen molar-refractivity contribution >= 4 is 23.2 Å². The van der Waals surface area contributed by atoms with Gasteiger partial charge in [0.15, 0.2) is 0 Å². The van der Waals surface area contributed by atoms with Crippen molar-refractivity contribution in [2.75, 3.05) is 19.0 Å². The van der Waals surface area contributed by atoms with Gasteiger partial charge in [-0.25, -0.2) is 4.98 Å². The molecule has 6 nitrogen and oxygen atoms in total. The first-order valence-electron chi connectivity index (χ1n) is 10.2. The maximum Gasteiger partial charge on any atom is 0.257 e. The van der Waals surface area contributed by atoms with Crippen molar-refractivity contribution in [2.45, 2.75) is 26.3 Å². The van der Waals surface area contributed by atoms with Gasteiger partial charge in [0, 0.05) is 18.5 Å². The number of imidazole rings is 1. The Morgan fingerprint density at radius 2 is 1.87 bits per heavy atom. The minimum atomic E-state index is -0.198. The lowest BCUT2D eigenvalue weighted by Crippen LogP contribution is -2.33. The van der Waals surface area contributed by atoms with Crippen LogP contribution in [-0.2, 0) is 11.3 Å². The van der Waals surface area contributed by atoms with Crippen LogP contribution in [0.5, 0.6) is 0 Å². The summed E-state index contributed by atoms with van der Waals surface area (Å²) in [5.74, 6) is 1.08. The number of benzene rings is 2. The molecule has 0 spiro atoms. The fraction of sp³-hybridized carbons (Fsp3) is 0.250. The van der Waals surface area contributed by atoms with Crippen LogP contribution in [0.2, 0.25) is 0 Å². The lowest BCUT2D eigenvalue weighted by Gasteiger charge is -2.13. The Kier molecular flexibility index (Phi) is 5.95. The second-order valence-electron chi connectivity index (χ2n) is 7.21. The summed E-state index contributed by atoms with van der Waals surface area (Å²) in [6, 6.07) is 17.8. The van der Waals surface area contributed by atoms with Crippen LogP contribution in [0.15, 0.2) is 54.6 Å². The van der Waals surface area contributed by atoms with Crippen LogP contribution in [-0.4, -0.2) is 29.5 Å². The number of methoxy groups -OCH3 is 1. The van der Waals surface area contributed by atoms with E-state index in [9.17, 15) is 4.79 Å². The van der Waals surface area contributed by atoms with Gasteiger partial charge in [0.25, 0.3) is 5.91 Å². The van der Waals surface area contributed by atoms with E-state index in [1.165, 1.54) is 0 Å². The summed E-state index contributed by atoms with van der Waals surface area (Å²) in [5.41, 5.74) is 4.02. The number of fused-ring (bicyclic) bond motifs is 1. The van der Waals surface area contributed by atoms with Crippen LogP contribution in [0, 0.1) is 0 Å². The molecule has 0 atom stereocenters. The van der Waals surface area contributed by atoms with E-state index in [0.717, 1.165) is 59.1 Å². The summed E-state index contributed by atoms with van der Waals surface area (Å²) in [6.07, 6.45) is 1.63. The van der Waals surface area contributed by atoms with Gasteiger partial charge in [-0.15, -0.1) is 0 Å². The molecule has 30 heavy (non-hydrogen) atoms. The van der Waals surface area contributed by atoms with Gasteiger partial charge in [0.05, 0.1) is 12.5 Å². The zero-order valence-electron chi connectivity index (χ0n) is 17.3. The zero-order chi connectivity index (χ0) is 20.9. The fourth-order valence-corrected chi connectivity index (χ4v) is 3.68. The monoisotopic (exact) mass is 402 g/mol. The van der Waals surface area contributed by atoms with E-state index in [4.69, 9.17) is 9.72 Å². The molecule has 0 fully saturated rings. The SMILES string of the molecule is CCNCc1ccc(C(=O)Nc2nc3c([nH]2)=C(OC)CCC=3c2ccccc2)cc1. The Labute approximate surface area is 175 Å². The highest BCUT2D eigenvalue weighted by atomic mass is 16.5. The van der Waals surface area contributed by atoms with Crippen LogP contribution in [0.1, 0.15) is 41.3 Å². The Hall–Kier alpha value is -3.38. The third-order valence-corrected chi connectivity index (χ3v) is 5.27. The van der Waals surface area contributed by atoms with Gasteiger partial charge in [0.2, 0.25) is 5.95 Å². The van der Waals surface area contributed by atoms with Crippen molar-refractivity contribution in [2.24, 2.45) is 0 Å². The Morgan fingerprint density at radius 3 is 2.57 bits per heavy atom. The van der Waals surface area contributed by atoms with Gasteiger partial charge in [-0.3, -0.25) is 10.1 Å². The Bertz CT molecular complexity index is 1150. The molecule has 1 aliphatic rings. The second-order valence-corrected chi connectivity index (χ2v) is 7.21. The topological polar surface area (TPSA) is 79.0 Å². The average molecular weight is 402 g/mol. The molecule has 0 radical (unpaired) electrons. The van der Waals surface area contributed by atoms with Crippen molar-refractivity contribution < 1.29 is 9.53 Å². The number of anilines is 1. The molecule has 0 bridgehead atoms. The maximum atomic E-state index is 12.7. The second kappa shape index (κ2) is 8.97. The van der Waals surface area contributed by atoms with Crippen molar-refractivity contribution in [1.29, 1.82) is 0 Å². The number of nitrogens with one attached hydrogen (secondary N) is 3. The highest BCUT2D eigenvalue weighted by Gasteiger charge is 2.18. The molecule has 4 rings (SSSR count). The number of aromatic nitrogens is 2. The van der Waals surface area contributed by atoms with E-state index in [1.807, 2.05) is 42.5 Å². The van der Waals surface area contributed by atoms with E-state index < -0.39 is 0 Å². The Morgan fingerprint density at radius 1 is 1.10 bits per heavy atom. The van der Waals surface area contributed by atoms with Crippen molar-refractivity contribution in [3.8, 4) is 0 Å². The summed E-state index contributed by atoms with van der Waals surface area (Å²) in [6.45, 7) is 3.77. The number of hydrogen-bond acceptors (Lipinski definition) is 4. The van der Waals surface area contributed by atoms with Crippen molar-refractivity contribution in [3.63, 3.8) is 0 Å². The molecule has 0 aliphatic heterocycles. The molecule has 0 saturated heterocycles. The minimum Gasteiger partial charge on any atom is -0.499 e. The molecular formula is C24H26N4O2. The molecule has 2 aromatic carbocycles. The number of rotatable bonds is 7. The standard InChI is InChI=1S/C24H26N4O2/c1-3-25-15-16-9-11-18(12-10-16)23(29)28-24-26-21-19(17-7-5-4-6-8-17)13-14-20(30-2)22(21)27-24/h4-12,25H,3,13-15H2,1-2H3,(H2,26,27,28,29). The first-order valence-corrected chi connectivity index (χ1v) is 10.2. The molecule has 0 unspecified atom stereocenters. The summed E-state index contributed by atoms with van der Waals surface area (Å²) >= 11 is 0. The van der Waals surface area contributed by atoms with Crippen LogP contribution in [0.3, 0.4) is 0 Å².